The molecule has 114 valence electrons. The van der Waals surface area contributed by atoms with E-state index in [2.05, 4.69) is 22.2 Å². The Labute approximate surface area is 119 Å². The Balaban J connectivity index is 2.75. The zero-order valence-corrected chi connectivity index (χ0v) is 12.1. The molecule has 0 unspecified atom stereocenters. The third-order valence-electron chi connectivity index (χ3n) is 2.77. The smallest absolute Gasteiger partial charge is 0.222 e. The van der Waals surface area contributed by atoms with Gasteiger partial charge in [-0.2, -0.15) is 4.98 Å². The minimum absolute atomic E-state index is 0.123. The van der Waals surface area contributed by atoms with Crippen LogP contribution in [0.1, 0.15) is 26.2 Å². The van der Waals surface area contributed by atoms with E-state index in [1.807, 2.05) is 0 Å². The molecule has 0 saturated carbocycles. The standard InChI is InChI=1S/C13H24N4O3/c1-3-4-10(5-6-18)16-12-11(20-8-7-19-2)9-15-13(14)17-12/h9-10,18H,3-8H2,1-2H3,(H3,14,15,16,17)/t10-/m1/s1. The average molecular weight is 284 g/mol. The van der Waals surface area contributed by atoms with Crippen LogP contribution in [0.3, 0.4) is 0 Å². The second-order valence-electron chi connectivity index (χ2n) is 4.42. The summed E-state index contributed by atoms with van der Waals surface area (Å²) in [4.78, 5) is 8.09. The van der Waals surface area contributed by atoms with E-state index in [-0.39, 0.29) is 18.6 Å². The van der Waals surface area contributed by atoms with Crippen molar-refractivity contribution in [1.29, 1.82) is 0 Å². The van der Waals surface area contributed by atoms with Crippen LogP contribution < -0.4 is 15.8 Å². The molecule has 0 amide bonds. The molecule has 0 spiro atoms. The fourth-order valence-electron chi connectivity index (χ4n) is 1.81. The van der Waals surface area contributed by atoms with Crippen molar-refractivity contribution in [2.75, 3.05) is 38.0 Å². The van der Waals surface area contributed by atoms with Gasteiger partial charge in [0.05, 0.1) is 12.8 Å². The number of rotatable bonds is 10. The van der Waals surface area contributed by atoms with Gasteiger partial charge in [0.25, 0.3) is 0 Å². The van der Waals surface area contributed by atoms with Crippen LogP contribution in [0.15, 0.2) is 6.20 Å². The molecule has 0 radical (unpaired) electrons. The Kier molecular flexibility index (Phi) is 7.67. The molecule has 0 fully saturated rings. The summed E-state index contributed by atoms with van der Waals surface area (Å²) in [7, 11) is 1.61. The predicted octanol–water partition coefficient (Wildman–Crippen LogP) is 1.05. The van der Waals surface area contributed by atoms with Crippen molar-refractivity contribution >= 4 is 11.8 Å². The van der Waals surface area contributed by atoms with E-state index in [1.165, 1.54) is 0 Å². The molecule has 0 saturated heterocycles. The van der Waals surface area contributed by atoms with Crippen molar-refractivity contribution in [3.8, 4) is 5.75 Å². The van der Waals surface area contributed by atoms with Crippen molar-refractivity contribution in [2.24, 2.45) is 0 Å². The van der Waals surface area contributed by atoms with Gasteiger partial charge in [-0.25, -0.2) is 4.98 Å². The van der Waals surface area contributed by atoms with Crippen LogP contribution in [0.4, 0.5) is 11.8 Å². The second-order valence-corrected chi connectivity index (χ2v) is 4.42. The second kappa shape index (κ2) is 9.33. The summed E-state index contributed by atoms with van der Waals surface area (Å²) in [6, 6.07) is 0.129. The highest BCUT2D eigenvalue weighted by molar-refractivity contribution is 5.51. The van der Waals surface area contributed by atoms with Gasteiger partial charge in [-0.15, -0.1) is 0 Å². The van der Waals surface area contributed by atoms with Crippen molar-refractivity contribution in [3.63, 3.8) is 0 Å². The molecule has 0 aromatic carbocycles. The summed E-state index contributed by atoms with van der Waals surface area (Å²) in [6.07, 6.45) is 4.14. The Bertz CT molecular complexity index is 384. The van der Waals surface area contributed by atoms with Gasteiger partial charge in [0, 0.05) is 19.8 Å². The maximum atomic E-state index is 9.09. The van der Waals surface area contributed by atoms with Crippen LogP contribution in [0.25, 0.3) is 0 Å². The topological polar surface area (TPSA) is 103 Å². The minimum Gasteiger partial charge on any atom is -0.486 e. The molecule has 1 rings (SSSR count). The van der Waals surface area contributed by atoms with Crippen LogP contribution in [-0.2, 0) is 4.74 Å². The van der Waals surface area contributed by atoms with Crippen molar-refractivity contribution in [1.82, 2.24) is 9.97 Å². The fourth-order valence-corrected chi connectivity index (χ4v) is 1.81. The SMILES string of the molecule is CCC[C@H](CCO)Nc1nc(N)ncc1OCCOC. The summed E-state index contributed by atoms with van der Waals surface area (Å²) in [5.74, 6) is 1.28. The lowest BCUT2D eigenvalue weighted by molar-refractivity contribution is 0.146. The van der Waals surface area contributed by atoms with Gasteiger partial charge < -0.3 is 25.6 Å². The van der Waals surface area contributed by atoms with Crippen LogP contribution in [-0.4, -0.2) is 48.0 Å². The first-order chi connectivity index (χ1) is 9.71. The van der Waals surface area contributed by atoms with E-state index in [9.17, 15) is 0 Å². The third-order valence-corrected chi connectivity index (χ3v) is 2.77. The molecule has 1 aromatic rings. The lowest BCUT2D eigenvalue weighted by Crippen LogP contribution is -2.22. The highest BCUT2D eigenvalue weighted by atomic mass is 16.5. The van der Waals surface area contributed by atoms with E-state index in [1.54, 1.807) is 13.3 Å². The van der Waals surface area contributed by atoms with Gasteiger partial charge in [0.15, 0.2) is 11.6 Å². The molecule has 0 aliphatic carbocycles. The number of nitrogens with two attached hydrogens (primary N) is 1. The molecule has 0 bridgehead atoms. The zero-order valence-electron chi connectivity index (χ0n) is 12.1. The zero-order chi connectivity index (χ0) is 14.8. The van der Waals surface area contributed by atoms with Gasteiger partial charge in [-0.1, -0.05) is 13.3 Å². The van der Waals surface area contributed by atoms with Crippen LogP contribution in [0, 0.1) is 0 Å². The van der Waals surface area contributed by atoms with Gasteiger partial charge in [-0.3, -0.25) is 0 Å². The van der Waals surface area contributed by atoms with Crippen molar-refractivity contribution in [2.45, 2.75) is 32.2 Å². The number of anilines is 2. The molecule has 1 atom stereocenters. The Morgan fingerprint density at radius 1 is 1.40 bits per heavy atom. The lowest BCUT2D eigenvalue weighted by Gasteiger charge is -2.19. The fraction of sp³-hybridized carbons (Fsp3) is 0.692. The Morgan fingerprint density at radius 3 is 2.85 bits per heavy atom. The summed E-state index contributed by atoms with van der Waals surface area (Å²) >= 11 is 0. The van der Waals surface area contributed by atoms with Gasteiger partial charge in [-0.05, 0) is 12.8 Å². The number of aliphatic hydroxyl groups is 1. The Morgan fingerprint density at radius 2 is 2.20 bits per heavy atom. The number of ether oxygens (including phenoxy) is 2. The maximum absolute atomic E-state index is 9.09. The molecular weight excluding hydrogens is 260 g/mol. The van der Waals surface area contributed by atoms with Crippen LogP contribution in [0.5, 0.6) is 5.75 Å². The van der Waals surface area contributed by atoms with E-state index in [4.69, 9.17) is 20.3 Å². The first kappa shape index (κ1) is 16.5. The highest BCUT2D eigenvalue weighted by Crippen LogP contribution is 2.23. The lowest BCUT2D eigenvalue weighted by atomic mass is 10.1. The summed E-state index contributed by atoms with van der Waals surface area (Å²) in [6.45, 7) is 3.12. The molecule has 7 nitrogen and oxygen atoms in total. The number of nitrogens with zero attached hydrogens (tertiary/aromatic N) is 2. The van der Waals surface area contributed by atoms with E-state index in [0.29, 0.717) is 31.2 Å². The number of nitrogen functional groups attached to an aromatic ring is 1. The summed E-state index contributed by atoms with van der Waals surface area (Å²) in [5, 5.41) is 12.4. The molecule has 0 aliphatic rings. The molecule has 0 aliphatic heterocycles. The number of aromatic nitrogens is 2. The first-order valence-corrected chi connectivity index (χ1v) is 6.82. The van der Waals surface area contributed by atoms with Crippen molar-refractivity contribution in [3.05, 3.63) is 6.20 Å². The molecule has 1 aromatic heterocycles. The van der Waals surface area contributed by atoms with Crippen LogP contribution >= 0.6 is 0 Å². The molecular formula is C13H24N4O3. The first-order valence-electron chi connectivity index (χ1n) is 6.82. The average Bonchev–Trinajstić information content (AvgIpc) is 2.42. The number of hydrogen-bond donors (Lipinski definition) is 3. The molecule has 4 N–H and O–H groups in total. The third kappa shape index (κ3) is 5.58. The largest absolute Gasteiger partial charge is 0.486 e. The van der Waals surface area contributed by atoms with E-state index < -0.39 is 0 Å². The predicted molar refractivity (Wildman–Crippen MR) is 77.8 cm³/mol. The van der Waals surface area contributed by atoms with E-state index in [0.717, 1.165) is 12.8 Å². The number of methoxy groups -OCH3 is 1. The van der Waals surface area contributed by atoms with Crippen LogP contribution in [0.2, 0.25) is 0 Å². The van der Waals surface area contributed by atoms with Crippen molar-refractivity contribution < 1.29 is 14.6 Å². The molecule has 20 heavy (non-hydrogen) atoms. The number of aliphatic hydroxyl groups excluding tert-OH is 1. The van der Waals surface area contributed by atoms with Gasteiger partial charge in [0.1, 0.15) is 6.61 Å². The molecule has 7 heteroatoms. The minimum atomic E-state index is 0.123. The number of nitrogens with one attached hydrogen (secondary N) is 1. The van der Waals surface area contributed by atoms with Gasteiger partial charge >= 0.3 is 0 Å². The maximum Gasteiger partial charge on any atom is 0.222 e. The normalized spacial score (nSPS) is 12.2. The molecule has 1 heterocycles. The quantitative estimate of drug-likeness (QED) is 0.552. The van der Waals surface area contributed by atoms with E-state index >= 15 is 0 Å². The highest BCUT2D eigenvalue weighted by Gasteiger charge is 2.13. The Hall–Kier alpha value is -1.60. The van der Waals surface area contributed by atoms with Gasteiger partial charge in [0.2, 0.25) is 5.95 Å². The summed E-state index contributed by atoms with van der Waals surface area (Å²) in [5.41, 5.74) is 5.61. The number of hydrogen-bond acceptors (Lipinski definition) is 7. The summed E-state index contributed by atoms with van der Waals surface area (Å²) < 4.78 is 10.5. The monoisotopic (exact) mass is 284 g/mol.